The van der Waals surface area contributed by atoms with Gasteiger partial charge in [0.2, 0.25) is 0 Å². The van der Waals surface area contributed by atoms with Crippen LogP contribution < -0.4 is 5.73 Å². The number of anilines is 1. The molecule has 0 aliphatic heterocycles. The average Bonchev–Trinajstić information content (AvgIpc) is 2.77. The first-order chi connectivity index (χ1) is 8.83. The normalized spacial score (nSPS) is 10.9. The van der Waals surface area contributed by atoms with E-state index in [1.54, 1.807) is 11.3 Å². The molecule has 0 spiro atoms. The summed E-state index contributed by atoms with van der Waals surface area (Å²) in [6.07, 6.45) is 15.3. The fraction of sp³-hybridized carbons (Fsp3) is 0.750. The van der Waals surface area contributed by atoms with Gasteiger partial charge in [0.1, 0.15) is 0 Å². The van der Waals surface area contributed by atoms with Gasteiger partial charge in [0.25, 0.3) is 0 Å². The van der Waals surface area contributed by atoms with E-state index in [9.17, 15) is 0 Å². The van der Waals surface area contributed by atoms with Gasteiger partial charge in [-0.2, -0.15) is 0 Å². The number of unbranched alkanes of at least 4 members (excludes halogenated alkanes) is 9. The fourth-order valence-corrected chi connectivity index (χ4v) is 3.14. The highest BCUT2D eigenvalue weighted by Gasteiger charge is 1.97. The summed E-state index contributed by atoms with van der Waals surface area (Å²) < 4.78 is 0. The van der Waals surface area contributed by atoms with Crippen LogP contribution in [0.15, 0.2) is 12.1 Å². The van der Waals surface area contributed by atoms with Gasteiger partial charge in [-0.05, 0) is 25.0 Å². The first kappa shape index (κ1) is 15.6. The smallest absolute Gasteiger partial charge is 0.0859 e. The van der Waals surface area contributed by atoms with Gasteiger partial charge in [0.15, 0.2) is 0 Å². The third-order valence-corrected chi connectivity index (χ3v) is 4.43. The van der Waals surface area contributed by atoms with Gasteiger partial charge in [-0.1, -0.05) is 64.7 Å². The number of hydrogen-bond acceptors (Lipinski definition) is 2. The lowest BCUT2D eigenvalue weighted by molar-refractivity contribution is 0.557. The minimum atomic E-state index is 0.956. The van der Waals surface area contributed by atoms with Crippen molar-refractivity contribution in [3.63, 3.8) is 0 Å². The van der Waals surface area contributed by atoms with Crippen LogP contribution >= 0.6 is 11.3 Å². The third-order valence-electron chi connectivity index (χ3n) is 3.46. The second-order valence-electron chi connectivity index (χ2n) is 5.24. The Kier molecular flexibility index (Phi) is 9.01. The molecule has 18 heavy (non-hydrogen) atoms. The van der Waals surface area contributed by atoms with Crippen LogP contribution in [-0.2, 0) is 6.42 Å². The van der Waals surface area contributed by atoms with Crippen LogP contribution in [0.25, 0.3) is 0 Å². The minimum Gasteiger partial charge on any atom is -0.391 e. The minimum absolute atomic E-state index is 0.956. The largest absolute Gasteiger partial charge is 0.391 e. The van der Waals surface area contributed by atoms with Crippen LogP contribution in [0.2, 0.25) is 0 Å². The molecule has 0 bridgehead atoms. The Hall–Kier alpha value is -0.500. The molecule has 1 rings (SSSR count). The Morgan fingerprint density at radius 3 is 1.89 bits per heavy atom. The molecule has 1 heterocycles. The maximum atomic E-state index is 5.72. The highest BCUT2D eigenvalue weighted by atomic mass is 32.1. The summed E-state index contributed by atoms with van der Waals surface area (Å²) in [5, 5.41) is 0.956. The average molecular weight is 267 g/mol. The van der Waals surface area contributed by atoms with Crippen molar-refractivity contribution in [2.45, 2.75) is 77.6 Å². The van der Waals surface area contributed by atoms with Gasteiger partial charge in [-0.3, -0.25) is 0 Å². The van der Waals surface area contributed by atoms with Gasteiger partial charge in [-0.25, -0.2) is 0 Å². The Labute approximate surface area is 117 Å². The van der Waals surface area contributed by atoms with Crippen LogP contribution in [0.4, 0.5) is 5.00 Å². The van der Waals surface area contributed by atoms with Crippen molar-refractivity contribution in [2.24, 2.45) is 0 Å². The van der Waals surface area contributed by atoms with E-state index in [0.29, 0.717) is 0 Å². The number of rotatable bonds is 11. The standard InChI is InChI=1S/C16H29NS/c1-2-3-4-5-6-7-8-9-10-11-12-15-13-14-16(17)18-15/h13-14H,2-12,17H2,1H3. The van der Waals surface area contributed by atoms with Crippen LogP contribution in [0.5, 0.6) is 0 Å². The molecule has 104 valence electrons. The third kappa shape index (κ3) is 7.75. The molecule has 1 aromatic heterocycles. The van der Waals surface area contributed by atoms with Crippen molar-refractivity contribution in [3.05, 3.63) is 17.0 Å². The van der Waals surface area contributed by atoms with Crippen molar-refractivity contribution in [2.75, 3.05) is 5.73 Å². The Bertz CT molecular complexity index is 293. The van der Waals surface area contributed by atoms with E-state index in [-0.39, 0.29) is 0 Å². The van der Waals surface area contributed by atoms with Crippen molar-refractivity contribution in [1.82, 2.24) is 0 Å². The molecule has 0 aliphatic rings. The second kappa shape index (κ2) is 10.4. The molecular weight excluding hydrogens is 238 g/mol. The van der Waals surface area contributed by atoms with E-state index < -0.39 is 0 Å². The number of hydrogen-bond donors (Lipinski definition) is 1. The fourth-order valence-electron chi connectivity index (χ4n) is 2.32. The van der Waals surface area contributed by atoms with E-state index >= 15 is 0 Å². The summed E-state index contributed by atoms with van der Waals surface area (Å²) in [6.45, 7) is 2.28. The maximum absolute atomic E-state index is 5.72. The summed E-state index contributed by atoms with van der Waals surface area (Å²) in [7, 11) is 0. The first-order valence-electron chi connectivity index (χ1n) is 7.67. The molecule has 0 fully saturated rings. The van der Waals surface area contributed by atoms with E-state index in [0.717, 1.165) is 5.00 Å². The van der Waals surface area contributed by atoms with Crippen molar-refractivity contribution < 1.29 is 0 Å². The highest BCUT2D eigenvalue weighted by Crippen LogP contribution is 2.20. The molecule has 1 aromatic rings. The summed E-state index contributed by atoms with van der Waals surface area (Å²) >= 11 is 1.75. The predicted octanol–water partition coefficient (Wildman–Crippen LogP) is 5.79. The van der Waals surface area contributed by atoms with E-state index in [1.165, 1.54) is 75.5 Å². The number of nitrogens with two attached hydrogens (primary N) is 1. The summed E-state index contributed by atoms with van der Waals surface area (Å²) in [6, 6.07) is 4.20. The van der Waals surface area contributed by atoms with Crippen LogP contribution in [0.1, 0.15) is 76.0 Å². The molecule has 0 unspecified atom stereocenters. The Morgan fingerprint density at radius 1 is 0.833 bits per heavy atom. The molecule has 2 heteroatoms. The number of aryl methyl sites for hydroxylation is 1. The quantitative estimate of drug-likeness (QED) is 0.504. The van der Waals surface area contributed by atoms with Crippen LogP contribution in [-0.4, -0.2) is 0 Å². The second-order valence-corrected chi connectivity index (χ2v) is 6.44. The van der Waals surface area contributed by atoms with Gasteiger partial charge in [-0.15, -0.1) is 11.3 Å². The molecule has 0 atom stereocenters. The lowest BCUT2D eigenvalue weighted by Crippen LogP contribution is -1.84. The van der Waals surface area contributed by atoms with Gasteiger partial charge in [0.05, 0.1) is 5.00 Å². The lowest BCUT2D eigenvalue weighted by Gasteiger charge is -2.01. The highest BCUT2D eigenvalue weighted by molar-refractivity contribution is 7.15. The first-order valence-corrected chi connectivity index (χ1v) is 8.48. The SMILES string of the molecule is CCCCCCCCCCCCc1ccc(N)s1. The van der Waals surface area contributed by atoms with E-state index in [4.69, 9.17) is 5.73 Å². The monoisotopic (exact) mass is 267 g/mol. The topological polar surface area (TPSA) is 26.0 Å². The molecular formula is C16H29NS. The predicted molar refractivity (Wildman–Crippen MR) is 84.3 cm³/mol. The van der Waals surface area contributed by atoms with Gasteiger partial charge in [0, 0.05) is 4.88 Å². The number of thiophene rings is 1. The Balaban J connectivity index is 1.81. The van der Waals surface area contributed by atoms with Gasteiger partial charge >= 0.3 is 0 Å². The zero-order chi connectivity index (χ0) is 13.1. The van der Waals surface area contributed by atoms with Crippen LogP contribution in [0.3, 0.4) is 0 Å². The Morgan fingerprint density at radius 2 is 1.39 bits per heavy atom. The molecule has 0 aliphatic carbocycles. The lowest BCUT2D eigenvalue weighted by atomic mass is 10.1. The molecule has 0 aromatic carbocycles. The van der Waals surface area contributed by atoms with Gasteiger partial charge < -0.3 is 5.73 Å². The summed E-state index contributed by atoms with van der Waals surface area (Å²) in [4.78, 5) is 1.45. The van der Waals surface area contributed by atoms with Crippen molar-refractivity contribution in [3.8, 4) is 0 Å². The molecule has 0 saturated heterocycles. The van der Waals surface area contributed by atoms with Crippen molar-refractivity contribution in [1.29, 1.82) is 0 Å². The van der Waals surface area contributed by atoms with E-state index in [2.05, 4.69) is 13.0 Å². The summed E-state index contributed by atoms with van der Waals surface area (Å²) in [5.74, 6) is 0. The van der Waals surface area contributed by atoms with E-state index in [1.807, 2.05) is 6.07 Å². The molecule has 0 amide bonds. The zero-order valence-electron chi connectivity index (χ0n) is 11.9. The zero-order valence-corrected chi connectivity index (χ0v) is 12.7. The maximum Gasteiger partial charge on any atom is 0.0859 e. The summed E-state index contributed by atoms with van der Waals surface area (Å²) in [5.41, 5.74) is 5.72. The van der Waals surface area contributed by atoms with Crippen LogP contribution in [0, 0.1) is 0 Å². The molecule has 2 N–H and O–H groups in total. The molecule has 0 saturated carbocycles. The number of nitrogen functional groups attached to an aromatic ring is 1. The van der Waals surface area contributed by atoms with Crippen molar-refractivity contribution >= 4 is 16.3 Å². The molecule has 1 nitrogen and oxygen atoms in total. The molecule has 0 radical (unpaired) electrons.